The maximum atomic E-state index is 5.85. The van der Waals surface area contributed by atoms with Gasteiger partial charge in [0.05, 0.1) is 5.52 Å². The zero-order valence-corrected chi connectivity index (χ0v) is 10.9. The molecule has 2 heterocycles. The van der Waals surface area contributed by atoms with Gasteiger partial charge in [0.25, 0.3) is 0 Å². The molecule has 4 heteroatoms. The number of anilines is 1. The Hall–Kier alpha value is -2.13. The number of nitrogens with zero attached hydrogens (tertiary/aromatic N) is 2. The average molecular weight is 270 g/mol. The second-order valence-corrected chi connectivity index (χ2v) is 4.64. The number of hydrogen-bond donors (Lipinski definition) is 1. The third-order valence-corrected chi connectivity index (χ3v) is 3.10. The second kappa shape index (κ2) is 5.24. The zero-order chi connectivity index (χ0) is 13.1. The maximum Gasteiger partial charge on any atom is 0.131 e. The molecule has 1 aromatic carbocycles. The first-order chi connectivity index (χ1) is 9.31. The number of halogens is 1. The van der Waals surface area contributed by atoms with Crippen molar-refractivity contribution in [3.63, 3.8) is 0 Å². The number of rotatable bonds is 3. The molecule has 0 saturated carbocycles. The Kier molecular flexibility index (Phi) is 3.29. The lowest BCUT2D eigenvalue weighted by Crippen LogP contribution is -1.99. The summed E-state index contributed by atoms with van der Waals surface area (Å²) in [6, 6.07) is 14.0. The summed E-state index contributed by atoms with van der Waals surface area (Å²) >= 11 is 5.85. The van der Waals surface area contributed by atoms with Gasteiger partial charge in [-0.25, -0.2) is 4.98 Å². The molecular weight excluding hydrogens is 258 g/mol. The topological polar surface area (TPSA) is 37.8 Å². The Bertz CT molecular complexity index is 712. The van der Waals surface area contributed by atoms with Gasteiger partial charge in [0, 0.05) is 30.0 Å². The molecule has 0 saturated heterocycles. The highest BCUT2D eigenvalue weighted by Crippen LogP contribution is 2.16. The van der Waals surface area contributed by atoms with Crippen LogP contribution in [-0.4, -0.2) is 9.97 Å². The van der Waals surface area contributed by atoms with Crippen LogP contribution in [0, 0.1) is 0 Å². The Morgan fingerprint density at radius 1 is 1.00 bits per heavy atom. The van der Waals surface area contributed by atoms with Gasteiger partial charge in [0.1, 0.15) is 5.15 Å². The Labute approximate surface area is 116 Å². The molecule has 0 spiro atoms. The second-order valence-electron chi connectivity index (χ2n) is 4.25. The van der Waals surface area contributed by atoms with E-state index in [9.17, 15) is 0 Å². The van der Waals surface area contributed by atoms with E-state index in [1.165, 1.54) is 5.56 Å². The molecule has 0 unspecified atom stereocenters. The smallest absolute Gasteiger partial charge is 0.131 e. The standard InChI is InChI=1S/C15H12ClN3/c16-15-9-13(5-7-18-15)19-10-11-3-4-14-12(8-11)2-1-6-17-14/h1-9H,10H2,(H,18,19). The molecule has 0 aliphatic rings. The summed E-state index contributed by atoms with van der Waals surface area (Å²) < 4.78 is 0. The lowest BCUT2D eigenvalue weighted by Gasteiger charge is -2.07. The monoisotopic (exact) mass is 269 g/mol. The molecule has 0 aliphatic heterocycles. The van der Waals surface area contributed by atoms with E-state index in [4.69, 9.17) is 11.6 Å². The largest absolute Gasteiger partial charge is 0.381 e. The van der Waals surface area contributed by atoms with Crippen LogP contribution >= 0.6 is 11.6 Å². The van der Waals surface area contributed by atoms with E-state index in [0.29, 0.717) is 5.15 Å². The van der Waals surface area contributed by atoms with Crippen molar-refractivity contribution < 1.29 is 0 Å². The molecule has 0 atom stereocenters. The van der Waals surface area contributed by atoms with Gasteiger partial charge in [-0.15, -0.1) is 0 Å². The van der Waals surface area contributed by atoms with Crippen molar-refractivity contribution in [3.8, 4) is 0 Å². The highest BCUT2D eigenvalue weighted by molar-refractivity contribution is 6.29. The van der Waals surface area contributed by atoms with Crippen molar-refractivity contribution in [1.29, 1.82) is 0 Å². The van der Waals surface area contributed by atoms with Gasteiger partial charge in [-0.1, -0.05) is 23.7 Å². The fourth-order valence-electron chi connectivity index (χ4n) is 1.95. The number of pyridine rings is 2. The highest BCUT2D eigenvalue weighted by Gasteiger charge is 1.98. The molecule has 0 radical (unpaired) electrons. The molecule has 3 nitrogen and oxygen atoms in total. The molecular formula is C15H12ClN3. The van der Waals surface area contributed by atoms with Crippen molar-refractivity contribution in [2.24, 2.45) is 0 Å². The Balaban J connectivity index is 1.78. The van der Waals surface area contributed by atoms with E-state index in [2.05, 4.69) is 33.5 Å². The summed E-state index contributed by atoms with van der Waals surface area (Å²) in [5.74, 6) is 0. The summed E-state index contributed by atoms with van der Waals surface area (Å²) in [6.07, 6.45) is 3.49. The summed E-state index contributed by atoms with van der Waals surface area (Å²) in [6.45, 7) is 0.741. The predicted octanol–water partition coefficient (Wildman–Crippen LogP) is 3.90. The van der Waals surface area contributed by atoms with Crippen LogP contribution in [0.25, 0.3) is 10.9 Å². The SMILES string of the molecule is Clc1cc(NCc2ccc3ncccc3c2)ccn1. The van der Waals surface area contributed by atoms with Crippen LogP contribution < -0.4 is 5.32 Å². The van der Waals surface area contributed by atoms with Gasteiger partial charge < -0.3 is 5.32 Å². The van der Waals surface area contributed by atoms with Gasteiger partial charge in [-0.3, -0.25) is 4.98 Å². The van der Waals surface area contributed by atoms with E-state index in [1.807, 2.05) is 24.3 Å². The van der Waals surface area contributed by atoms with Crippen LogP contribution in [0.5, 0.6) is 0 Å². The lowest BCUT2D eigenvalue weighted by molar-refractivity contribution is 1.15. The zero-order valence-electron chi connectivity index (χ0n) is 10.2. The van der Waals surface area contributed by atoms with E-state index in [-0.39, 0.29) is 0 Å². The van der Waals surface area contributed by atoms with Crippen LogP contribution in [0.2, 0.25) is 5.15 Å². The first-order valence-electron chi connectivity index (χ1n) is 6.00. The third-order valence-electron chi connectivity index (χ3n) is 2.89. The van der Waals surface area contributed by atoms with E-state index in [0.717, 1.165) is 23.1 Å². The summed E-state index contributed by atoms with van der Waals surface area (Å²) in [5.41, 5.74) is 3.18. The first-order valence-corrected chi connectivity index (χ1v) is 6.38. The van der Waals surface area contributed by atoms with Crippen LogP contribution in [0.4, 0.5) is 5.69 Å². The van der Waals surface area contributed by atoms with Crippen molar-refractivity contribution >= 4 is 28.2 Å². The molecule has 0 aliphatic carbocycles. The van der Waals surface area contributed by atoms with Crippen molar-refractivity contribution in [2.45, 2.75) is 6.54 Å². The van der Waals surface area contributed by atoms with Gasteiger partial charge >= 0.3 is 0 Å². The van der Waals surface area contributed by atoms with E-state index < -0.39 is 0 Å². The number of hydrogen-bond acceptors (Lipinski definition) is 3. The molecule has 1 N–H and O–H groups in total. The van der Waals surface area contributed by atoms with Crippen LogP contribution in [0.1, 0.15) is 5.56 Å². The normalized spacial score (nSPS) is 10.6. The fraction of sp³-hybridized carbons (Fsp3) is 0.0667. The fourth-order valence-corrected chi connectivity index (χ4v) is 2.13. The number of fused-ring (bicyclic) bond motifs is 1. The number of benzene rings is 1. The summed E-state index contributed by atoms with van der Waals surface area (Å²) in [7, 11) is 0. The van der Waals surface area contributed by atoms with Gasteiger partial charge in [-0.2, -0.15) is 0 Å². The van der Waals surface area contributed by atoms with Crippen LogP contribution in [0.15, 0.2) is 54.9 Å². The highest BCUT2D eigenvalue weighted by atomic mass is 35.5. The molecule has 3 aromatic rings. The Morgan fingerprint density at radius 3 is 2.84 bits per heavy atom. The van der Waals surface area contributed by atoms with Gasteiger partial charge in [0.2, 0.25) is 0 Å². The Morgan fingerprint density at radius 2 is 1.95 bits per heavy atom. The first kappa shape index (κ1) is 11.9. The number of aromatic nitrogens is 2. The molecule has 0 fully saturated rings. The number of nitrogens with one attached hydrogen (secondary N) is 1. The summed E-state index contributed by atoms with van der Waals surface area (Å²) in [4.78, 5) is 8.26. The minimum atomic E-state index is 0.493. The molecule has 19 heavy (non-hydrogen) atoms. The molecule has 0 amide bonds. The van der Waals surface area contributed by atoms with Crippen LogP contribution in [-0.2, 0) is 6.54 Å². The molecule has 94 valence electrons. The molecule has 3 rings (SSSR count). The van der Waals surface area contributed by atoms with Crippen LogP contribution in [0.3, 0.4) is 0 Å². The van der Waals surface area contributed by atoms with Gasteiger partial charge in [-0.05, 0) is 35.9 Å². The summed E-state index contributed by atoms with van der Waals surface area (Å²) in [5, 5.41) is 4.96. The maximum absolute atomic E-state index is 5.85. The van der Waals surface area contributed by atoms with Gasteiger partial charge in [0.15, 0.2) is 0 Å². The quantitative estimate of drug-likeness (QED) is 0.733. The average Bonchev–Trinajstić information content (AvgIpc) is 2.45. The van der Waals surface area contributed by atoms with Crippen molar-refractivity contribution in [1.82, 2.24) is 9.97 Å². The third kappa shape index (κ3) is 2.83. The minimum absolute atomic E-state index is 0.493. The predicted molar refractivity (Wildman–Crippen MR) is 78.3 cm³/mol. The van der Waals surface area contributed by atoms with Crippen molar-refractivity contribution in [3.05, 3.63) is 65.6 Å². The molecule has 0 bridgehead atoms. The molecule has 2 aromatic heterocycles. The lowest BCUT2D eigenvalue weighted by atomic mass is 10.1. The van der Waals surface area contributed by atoms with Crippen molar-refractivity contribution in [2.75, 3.05) is 5.32 Å². The minimum Gasteiger partial charge on any atom is -0.381 e. The van der Waals surface area contributed by atoms with E-state index in [1.54, 1.807) is 12.4 Å². The van der Waals surface area contributed by atoms with E-state index >= 15 is 0 Å².